The van der Waals surface area contributed by atoms with E-state index in [1.807, 2.05) is 48.7 Å². The Morgan fingerprint density at radius 2 is 1.93 bits per heavy atom. The molecule has 1 amide bonds. The molecule has 0 saturated carbocycles. The van der Waals surface area contributed by atoms with Gasteiger partial charge in [0.25, 0.3) is 5.78 Å². The van der Waals surface area contributed by atoms with Gasteiger partial charge < -0.3 is 0 Å². The Morgan fingerprint density at radius 1 is 1.07 bits per heavy atom. The summed E-state index contributed by atoms with van der Waals surface area (Å²) in [5.74, 6) is 0.664. The monoisotopic (exact) mass is 425 g/mol. The molecule has 4 aromatic rings. The Bertz CT molecular complexity index is 1210. The van der Waals surface area contributed by atoms with Crippen LogP contribution >= 0.6 is 35.1 Å². The molecule has 2 aromatic heterocycles. The van der Waals surface area contributed by atoms with Crippen molar-refractivity contribution in [3.63, 3.8) is 0 Å². The molecule has 5 rings (SSSR count). The van der Waals surface area contributed by atoms with Crippen molar-refractivity contribution < 1.29 is 4.79 Å². The molecule has 1 aliphatic heterocycles. The number of thioether (sulfide) groups is 1. The fourth-order valence-electron chi connectivity index (χ4n) is 3.01. The molecule has 0 saturated heterocycles. The van der Waals surface area contributed by atoms with E-state index in [1.54, 1.807) is 33.3 Å². The fraction of sp³-hybridized carbons (Fsp3) is 0.0526. The predicted octanol–water partition coefficient (Wildman–Crippen LogP) is 4.70. The minimum absolute atomic E-state index is 0.0538. The lowest BCUT2D eigenvalue weighted by molar-refractivity contribution is -0.115. The van der Waals surface area contributed by atoms with Crippen LogP contribution < -0.4 is 4.90 Å². The number of hydrogen-bond acceptors (Lipinski definition) is 6. The van der Waals surface area contributed by atoms with Crippen molar-refractivity contribution in [2.24, 2.45) is 0 Å². The largest absolute Gasteiger partial charge is 0.278 e. The standard InChI is InChI=1S/C19H12ClN5OS2/c20-12-6-7-16-14(10-12)25(13-4-1-2-5-15(13)28-16)17(26)11-27-19-23-22-18-21-8-3-9-24(18)19/h1-10H,11H2. The molecule has 0 atom stereocenters. The second kappa shape index (κ2) is 7.12. The first-order valence-corrected chi connectivity index (χ1v) is 10.6. The van der Waals surface area contributed by atoms with Gasteiger partial charge in [0.15, 0.2) is 5.16 Å². The van der Waals surface area contributed by atoms with E-state index in [-0.39, 0.29) is 11.7 Å². The molecule has 0 aliphatic carbocycles. The maximum Gasteiger partial charge on any atom is 0.255 e. The summed E-state index contributed by atoms with van der Waals surface area (Å²) >= 11 is 9.18. The Kier molecular flexibility index (Phi) is 4.46. The van der Waals surface area contributed by atoms with Gasteiger partial charge in [0.2, 0.25) is 5.91 Å². The van der Waals surface area contributed by atoms with Crippen LogP contribution in [0.2, 0.25) is 5.02 Å². The number of hydrogen-bond donors (Lipinski definition) is 0. The molecule has 28 heavy (non-hydrogen) atoms. The number of benzene rings is 2. The quantitative estimate of drug-likeness (QED) is 0.443. The van der Waals surface area contributed by atoms with Crippen LogP contribution in [0.5, 0.6) is 0 Å². The second-order valence-corrected chi connectivity index (χ2v) is 8.43. The van der Waals surface area contributed by atoms with Gasteiger partial charge in [0.05, 0.1) is 17.1 Å². The van der Waals surface area contributed by atoms with E-state index in [1.165, 1.54) is 11.8 Å². The molecule has 0 N–H and O–H groups in total. The Hall–Kier alpha value is -2.55. The minimum Gasteiger partial charge on any atom is -0.278 e. The molecule has 1 aliphatic rings. The van der Waals surface area contributed by atoms with E-state index in [0.29, 0.717) is 16.0 Å². The van der Waals surface area contributed by atoms with Gasteiger partial charge in [-0.15, -0.1) is 10.2 Å². The van der Waals surface area contributed by atoms with Gasteiger partial charge in [-0.05, 0) is 36.4 Å². The van der Waals surface area contributed by atoms with Gasteiger partial charge in [-0.2, -0.15) is 0 Å². The summed E-state index contributed by atoms with van der Waals surface area (Å²) < 4.78 is 1.77. The molecule has 138 valence electrons. The second-order valence-electron chi connectivity index (χ2n) is 5.97. The highest BCUT2D eigenvalue weighted by molar-refractivity contribution is 8.00. The van der Waals surface area contributed by atoms with E-state index in [9.17, 15) is 4.79 Å². The third-order valence-electron chi connectivity index (χ3n) is 4.22. The summed E-state index contributed by atoms with van der Waals surface area (Å²) in [7, 11) is 0. The third-order valence-corrected chi connectivity index (χ3v) is 6.51. The van der Waals surface area contributed by atoms with E-state index in [0.717, 1.165) is 21.2 Å². The molecular formula is C19H12ClN5OS2. The summed E-state index contributed by atoms with van der Waals surface area (Å²) in [6, 6.07) is 15.3. The summed E-state index contributed by atoms with van der Waals surface area (Å²) in [5.41, 5.74) is 1.66. The molecule has 0 radical (unpaired) electrons. The van der Waals surface area contributed by atoms with Crippen LogP contribution in [0.3, 0.4) is 0 Å². The molecule has 0 spiro atoms. The van der Waals surface area contributed by atoms with E-state index >= 15 is 0 Å². The first kappa shape index (κ1) is 17.5. The van der Waals surface area contributed by atoms with Gasteiger partial charge in [-0.3, -0.25) is 14.1 Å². The van der Waals surface area contributed by atoms with Gasteiger partial charge in [-0.25, -0.2) is 4.98 Å². The number of carbonyl (C=O) groups excluding carboxylic acids is 1. The summed E-state index contributed by atoms with van der Waals surface area (Å²) in [6.07, 6.45) is 3.49. The topological polar surface area (TPSA) is 63.4 Å². The number of aromatic nitrogens is 4. The Morgan fingerprint density at radius 3 is 2.86 bits per heavy atom. The molecule has 0 fully saturated rings. The maximum absolute atomic E-state index is 13.2. The molecule has 6 nitrogen and oxygen atoms in total. The molecule has 9 heteroatoms. The van der Waals surface area contributed by atoms with Gasteiger partial charge in [-0.1, -0.05) is 47.3 Å². The number of halogens is 1. The zero-order chi connectivity index (χ0) is 19.1. The molecule has 2 aromatic carbocycles. The first-order valence-electron chi connectivity index (χ1n) is 8.39. The summed E-state index contributed by atoms with van der Waals surface area (Å²) in [4.78, 5) is 21.2. The lowest BCUT2D eigenvalue weighted by atomic mass is 10.2. The van der Waals surface area contributed by atoms with Crippen molar-refractivity contribution in [1.82, 2.24) is 19.6 Å². The maximum atomic E-state index is 13.2. The van der Waals surface area contributed by atoms with Crippen LogP contribution in [0.15, 0.2) is 75.9 Å². The normalized spacial score (nSPS) is 12.7. The highest BCUT2D eigenvalue weighted by Crippen LogP contribution is 2.48. The average molecular weight is 426 g/mol. The predicted molar refractivity (Wildman–Crippen MR) is 111 cm³/mol. The van der Waals surface area contributed by atoms with Crippen LogP contribution in [-0.2, 0) is 4.79 Å². The van der Waals surface area contributed by atoms with Crippen LogP contribution in [0.4, 0.5) is 11.4 Å². The van der Waals surface area contributed by atoms with Crippen molar-refractivity contribution in [2.45, 2.75) is 14.9 Å². The fourth-order valence-corrected chi connectivity index (χ4v) is 4.97. The number of carbonyl (C=O) groups is 1. The number of para-hydroxylation sites is 1. The van der Waals surface area contributed by atoms with Gasteiger partial charge in [0, 0.05) is 27.2 Å². The van der Waals surface area contributed by atoms with E-state index in [2.05, 4.69) is 15.2 Å². The molecule has 0 unspecified atom stereocenters. The summed E-state index contributed by atoms with van der Waals surface area (Å²) in [5, 5.41) is 9.38. The van der Waals surface area contributed by atoms with Crippen LogP contribution in [0.25, 0.3) is 5.78 Å². The smallest absolute Gasteiger partial charge is 0.255 e. The number of rotatable bonds is 3. The van der Waals surface area contributed by atoms with Crippen LogP contribution in [0.1, 0.15) is 0 Å². The van der Waals surface area contributed by atoms with Crippen LogP contribution in [0, 0.1) is 0 Å². The van der Waals surface area contributed by atoms with Gasteiger partial charge >= 0.3 is 0 Å². The van der Waals surface area contributed by atoms with Crippen molar-refractivity contribution in [3.8, 4) is 0 Å². The molecular weight excluding hydrogens is 414 g/mol. The molecule has 0 bridgehead atoms. The minimum atomic E-state index is -0.0538. The van der Waals surface area contributed by atoms with E-state index < -0.39 is 0 Å². The van der Waals surface area contributed by atoms with Crippen LogP contribution in [-0.4, -0.2) is 31.2 Å². The Labute approximate surface area is 173 Å². The number of fused-ring (bicyclic) bond motifs is 3. The number of nitrogens with zero attached hydrogens (tertiary/aromatic N) is 5. The molecule has 3 heterocycles. The van der Waals surface area contributed by atoms with Crippen molar-refractivity contribution in [2.75, 3.05) is 10.7 Å². The van der Waals surface area contributed by atoms with Crippen molar-refractivity contribution in [3.05, 3.63) is 65.9 Å². The van der Waals surface area contributed by atoms with E-state index in [4.69, 9.17) is 11.6 Å². The average Bonchev–Trinajstić information content (AvgIpc) is 3.13. The highest BCUT2D eigenvalue weighted by atomic mass is 35.5. The Balaban J connectivity index is 1.48. The zero-order valence-corrected chi connectivity index (χ0v) is 16.7. The van der Waals surface area contributed by atoms with Crippen molar-refractivity contribution >= 4 is 58.2 Å². The van der Waals surface area contributed by atoms with Gasteiger partial charge in [0.1, 0.15) is 0 Å². The summed E-state index contributed by atoms with van der Waals surface area (Å²) in [6.45, 7) is 0. The number of amides is 1. The highest BCUT2D eigenvalue weighted by Gasteiger charge is 2.28. The lowest BCUT2D eigenvalue weighted by Crippen LogP contribution is -2.30. The first-order chi connectivity index (χ1) is 13.7. The number of anilines is 2. The third kappa shape index (κ3) is 3.03. The SMILES string of the molecule is O=C(CSc1nnc2ncccn12)N1c2ccccc2Sc2ccc(Cl)cc21. The zero-order valence-electron chi connectivity index (χ0n) is 14.3. The lowest BCUT2D eigenvalue weighted by Gasteiger charge is -2.31. The van der Waals surface area contributed by atoms with Crippen molar-refractivity contribution in [1.29, 1.82) is 0 Å².